The molecule has 21 heavy (non-hydrogen) atoms. The first-order valence-corrected chi connectivity index (χ1v) is 5.82. The number of benzene rings is 1. The Morgan fingerprint density at radius 1 is 1.10 bits per heavy atom. The molecule has 0 aromatic heterocycles. The Morgan fingerprint density at radius 2 is 1.62 bits per heavy atom. The van der Waals surface area contributed by atoms with Crippen LogP contribution in [0.3, 0.4) is 0 Å². The minimum atomic E-state index is -1.53. The SMILES string of the molecule is CN(c1ccc([N+](=O)[O-])cc1[N+](=O)[O-])C(CO)(CO)CO. The van der Waals surface area contributed by atoms with Crippen LogP contribution in [0, 0.1) is 20.2 Å². The van der Waals surface area contributed by atoms with Gasteiger partial charge in [0.05, 0.1) is 35.7 Å². The van der Waals surface area contributed by atoms with Gasteiger partial charge in [-0.15, -0.1) is 0 Å². The van der Waals surface area contributed by atoms with Gasteiger partial charge in [0.1, 0.15) is 11.2 Å². The first-order valence-electron chi connectivity index (χ1n) is 5.82. The highest BCUT2D eigenvalue weighted by molar-refractivity contribution is 5.67. The topological polar surface area (TPSA) is 150 Å². The second-order valence-electron chi connectivity index (χ2n) is 4.44. The number of hydrogen-bond acceptors (Lipinski definition) is 8. The minimum Gasteiger partial charge on any atom is -0.394 e. The van der Waals surface area contributed by atoms with E-state index < -0.39 is 46.6 Å². The van der Waals surface area contributed by atoms with E-state index in [4.69, 9.17) is 0 Å². The Bertz CT molecular complexity index is 536. The Morgan fingerprint density at radius 3 is 2.00 bits per heavy atom. The van der Waals surface area contributed by atoms with Gasteiger partial charge in [-0.3, -0.25) is 20.2 Å². The van der Waals surface area contributed by atoms with Crippen LogP contribution in [0.25, 0.3) is 0 Å². The lowest BCUT2D eigenvalue weighted by atomic mass is 10.00. The van der Waals surface area contributed by atoms with Gasteiger partial charge >= 0.3 is 0 Å². The Labute approximate surface area is 119 Å². The number of nitrogens with zero attached hydrogens (tertiary/aromatic N) is 3. The molecule has 1 aromatic carbocycles. The number of non-ortho nitro benzene ring substituents is 1. The molecule has 0 aliphatic rings. The van der Waals surface area contributed by atoms with Crippen molar-refractivity contribution >= 4 is 17.1 Å². The number of likely N-dealkylation sites (N-methyl/N-ethyl adjacent to an activating group) is 1. The van der Waals surface area contributed by atoms with E-state index in [2.05, 4.69) is 0 Å². The third kappa shape index (κ3) is 3.07. The van der Waals surface area contributed by atoms with Gasteiger partial charge in [-0.2, -0.15) is 0 Å². The molecule has 1 aromatic rings. The highest BCUT2D eigenvalue weighted by Crippen LogP contribution is 2.34. The van der Waals surface area contributed by atoms with Crippen LogP contribution in [0.5, 0.6) is 0 Å². The van der Waals surface area contributed by atoms with Crippen LogP contribution in [0.2, 0.25) is 0 Å². The predicted octanol–water partition coefficient (Wildman–Crippen LogP) is -0.345. The summed E-state index contributed by atoms with van der Waals surface area (Å²) in [5, 5.41) is 49.8. The largest absolute Gasteiger partial charge is 0.394 e. The molecule has 0 aliphatic carbocycles. The monoisotopic (exact) mass is 301 g/mol. The summed E-state index contributed by atoms with van der Waals surface area (Å²) in [6.45, 7) is -1.99. The molecule has 0 saturated heterocycles. The van der Waals surface area contributed by atoms with Crippen molar-refractivity contribution in [1.29, 1.82) is 0 Å². The van der Waals surface area contributed by atoms with Gasteiger partial charge < -0.3 is 20.2 Å². The van der Waals surface area contributed by atoms with Crippen molar-refractivity contribution in [2.24, 2.45) is 0 Å². The molecule has 1 rings (SSSR count). The quantitative estimate of drug-likeness (QED) is 0.457. The molecule has 116 valence electrons. The van der Waals surface area contributed by atoms with Crippen LogP contribution in [0.15, 0.2) is 18.2 Å². The summed E-state index contributed by atoms with van der Waals surface area (Å²) >= 11 is 0. The van der Waals surface area contributed by atoms with Gasteiger partial charge in [0.2, 0.25) is 0 Å². The third-order valence-corrected chi connectivity index (χ3v) is 3.32. The summed E-state index contributed by atoms with van der Waals surface area (Å²) in [7, 11) is 1.33. The standard InChI is InChI=1S/C11H15N3O7/c1-12(11(5-15,6-16)7-17)9-3-2-8(13(18)19)4-10(9)14(20)21/h2-4,15-17H,5-7H2,1H3. The molecule has 0 radical (unpaired) electrons. The van der Waals surface area contributed by atoms with E-state index >= 15 is 0 Å². The summed E-state index contributed by atoms with van der Waals surface area (Å²) in [4.78, 5) is 21.3. The van der Waals surface area contributed by atoms with Crippen molar-refractivity contribution < 1.29 is 25.2 Å². The fraction of sp³-hybridized carbons (Fsp3) is 0.455. The average molecular weight is 301 g/mol. The Balaban J connectivity index is 3.41. The molecule has 0 heterocycles. The highest BCUT2D eigenvalue weighted by Gasteiger charge is 2.36. The van der Waals surface area contributed by atoms with E-state index in [0.29, 0.717) is 0 Å². The van der Waals surface area contributed by atoms with Gasteiger partial charge in [0, 0.05) is 13.1 Å². The van der Waals surface area contributed by atoms with Gasteiger partial charge in [-0.1, -0.05) is 0 Å². The highest BCUT2D eigenvalue weighted by atomic mass is 16.6. The first kappa shape index (κ1) is 16.8. The Hall–Kier alpha value is -2.30. The maximum Gasteiger partial charge on any atom is 0.299 e. The zero-order valence-corrected chi connectivity index (χ0v) is 11.2. The molecule has 0 atom stereocenters. The van der Waals surface area contributed by atoms with Crippen molar-refractivity contribution in [3.8, 4) is 0 Å². The molecule has 3 N–H and O–H groups in total. The van der Waals surface area contributed by atoms with E-state index in [1.54, 1.807) is 0 Å². The van der Waals surface area contributed by atoms with E-state index in [1.807, 2.05) is 0 Å². The molecule has 0 amide bonds. The van der Waals surface area contributed by atoms with E-state index in [1.165, 1.54) is 7.05 Å². The van der Waals surface area contributed by atoms with Gasteiger partial charge in [0.25, 0.3) is 11.4 Å². The lowest BCUT2D eigenvalue weighted by Crippen LogP contribution is -2.56. The molecule has 0 fully saturated rings. The fourth-order valence-electron chi connectivity index (χ4n) is 1.78. The zero-order chi connectivity index (χ0) is 16.2. The van der Waals surface area contributed by atoms with Crippen LogP contribution in [-0.2, 0) is 0 Å². The van der Waals surface area contributed by atoms with Crippen molar-refractivity contribution in [1.82, 2.24) is 0 Å². The van der Waals surface area contributed by atoms with Crippen molar-refractivity contribution in [2.75, 3.05) is 31.8 Å². The zero-order valence-electron chi connectivity index (χ0n) is 11.2. The second kappa shape index (κ2) is 6.43. The number of hydrogen-bond donors (Lipinski definition) is 3. The van der Waals surface area contributed by atoms with E-state index in [-0.39, 0.29) is 5.69 Å². The van der Waals surface area contributed by atoms with Crippen LogP contribution in [0.4, 0.5) is 17.1 Å². The number of aliphatic hydroxyl groups excluding tert-OH is 3. The number of nitro groups is 2. The molecule has 0 saturated carbocycles. The smallest absolute Gasteiger partial charge is 0.299 e. The average Bonchev–Trinajstić information content (AvgIpc) is 2.48. The maximum absolute atomic E-state index is 11.1. The van der Waals surface area contributed by atoms with Gasteiger partial charge in [0.15, 0.2) is 0 Å². The lowest BCUT2D eigenvalue weighted by molar-refractivity contribution is -0.393. The molecule has 0 unspecified atom stereocenters. The Kier molecular flexibility index (Phi) is 5.13. The predicted molar refractivity (Wildman–Crippen MR) is 72.1 cm³/mol. The van der Waals surface area contributed by atoms with Crippen LogP contribution < -0.4 is 4.90 Å². The van der Waals surface area contributed by atoms with Gasteiger partial charge in [-0.05, 0) is 6.07 Å². The number of aliphatic hydroxyl groups is 3. The van der Waals surface area contributed by atoms with Crippen molar-refractivity contribution in [3.63, 3.8) is 0 Å². The second-order valence-corrected chi connectivity index (χ2v) is 4.44. The van der Waals surface area contributed by atoms with E-state index in [9.17, 15) is 35.5 Å². The van der Waals surface area contributed by atoms with Crippen LogP contribution in [-0.4, -0.2) is 57.6 Å². The summed E-state index contributed by atoms with van der Waals surface area (Å²) < 4.78 is 0. The van der Waals surface area contributed by atoms with E-state index in [0.717, 1.165) is 23.1 Å². The number of anilines is 1. The maximum atomic E-state index is 11.1. The summed E-state index contributed by atoms with van der Waals surface area (Å²) in [6, 6.07) is 2.98. The molecular weight excluding hydrogens is 286 g/mol. The van der Waals surface area contributed by atoms with Crippen molar-refractivity contribution in [3.05, 3.63) is 38.4 Å². The fourth-order valence-corrected chi connectivity index (χ4v) is 1.78. The minimum absolute atomic E-state index is 0.0669. The van der Waals surface area contributed by atoms with Crippen LogP contribution in [0.1, 0.15) is 0 Å². The molecule has 10 heteroatoms. The summed E-state index contributed by atoms with van der Waals surface area (Å²) in [5.74, 6) is 0. The van der Waals surface area contributed by atoms with Crippen molar-refractivity contribution in [2.45, 2.75) is 5.54 Å². The number of rotatable bonds is 7. The summed E-state index contributed by atoms with van der Waals surface area (Å²) in [5.41, 5.74) is -2.61. The lowest BCUT2D eigenvalue weighted by Gasteiger charge is -2.38. The molecular formula is C11H15N3O7. The molecule has 0 spiro atoms. The normalized spacial score (nSPS) is 11.2. The number of nitro benzene ring substituents is 2. The van der Waals surface area contributed by atoms with Gasteiger partial charge in [-0.25, -0.2) is 0 Å². The third-order valence-electron chi connectivity index (χ3n) is 3.32. The first-order chi connectivity index (χ1) is 9.82. The summed E-state index contributed by atoms with van der Waals surface area (Å²) in [6.07, 6.45) is 0. The molecule has 0 bridgehead atoms. The van der Waals surface area contributed by atoms with Crippen LogP contribution >= 0.6 is 0 Å². The molecule has 10 nitrogen and oxygen atoms in total. The molecule has 0 aliphatic heterocycles.